The minimum absolute atomic E-state index is 0.0594. The van der Waals surface area contributed by atoms with Gasteiger partial charge in [0.2, 0.25) is 10.0 Å². The minimum atomic E-state index is -3.96. The number of esters is 1. The Hall–Kier alpha value is -2.23. The zero-order chi connectivity index (χ0) is 20.0. The number of primary sulfonamides is 1. The van der Waals surface area contributed by atoms with E-state index in [4.69, 9.17) is 9.88 Å². The quantitative estimate of drug-likeness (QED) is 0.623. The van der Waals surface area contributed by atoms with Crippen LogP contribution < -0.4 is 10.5 Å². The van der Waals surface area contributed by atoms with Gasteiger partial charge in [-0.05, 0) is 46.6 Å². The fourth-order valence-electron chi connectivity index (χ4n) is 2.42. The summed E-state index contributed by atoms with van der Waals surface area (Å²) in [6.45, 7) is 1.93. The van der Waals surface area contributed by atoms with Crippen molar-refractivity contribution in [3.63, 3.8) is 0 Å². The number of rotatable bonds is 7. The van der Waals surface area contributed by atoms with Crippen LogP contribution in [0.15, 0.2) is 57.9 Å². The molecule has 0 saturated carbocycles. The molecular weight excluding hydrogens is 436 g/mol. The Morgan fingerprint density at radius 1 is 1.19 bits per heavy atom. The molecule has 0 aromatic heterocycles. The van der Waals surface area contributed by atoms with Crippen molar-refractivity contribution < 1.29 is 22.7 Å². The summed E-state index contributed by atoms with van der Waals surface area (Å²) in [7, 11) is -3.96. The Morgan fingerprint density at radius 2 is 1.85 bits per heavy atom. The smallest absolute Gasteiger partial charge is 0.308 e. The number of sulfonamides is 1. The number of hydrogen-bond acceptors (Lipinski definition) is 5. The van der Waals surface area contributed by atoms with Crippen LogP contribution in [0.4, 0.5) is 0 Å². The highest BCUT2D eigenvalue weighted by Crippen LogP contribution is 2.23. The van der Waals surface area contributed by atoms with Crippen LogP contribution in [-0.4, -0.2) is 26.9 Å². The molecule has 0 spiro atoms. The van der Waals surface area contributed by atoms with Crippen LogP contribution in [0.1, 0.15) is 35.3 Å². The van der Waals surface area contributed by atoms with E-state index in [0.717, 1.165) is 5.56 Å². The predicted octanol–water partition coefficient (Wildman–Crippen LogP) is 2.52. The first-order chi connectivity index (χ1) is 12.7. The van der Waals surface area contributed by atoms with E-state index in [1.807, 2.05) is 6.07 Å². The van der Waals surface area contributed by atoms with Crippen molar-refractivity contribution in [3.8, 4) is 0 Å². The highest BCUT2D eigenvalue weighted by molar-refractivity contribution is 9.10. The third-order valence-corrected chi connectivity index (χ3v) is 5.30. The van der Waals surface area contributed by atoms with Crippen LogP contribution in [-0.2, 0) is 19.6 Å². The van der Waals surface area contributed by atoms with Crippen molar-refractivity contribution in [1.29, 1.82) is 0 Å². The maximum atomic E-state index is 12.7. The van der Waals surface area contributed by atoms with Crippen molar-refractivity contribution in [2.75, 3.05) is 6.61 Å². The first-order valence-electron chi connectivity index (χ1n) is 8.06. The Morgan fingerprint density at radius 3 is 2.44 bits per heavy atom. The monoisotopic (exact) mass is 454 g/mol. The molecule has 144 valence electrons. The molecule has 0 fully saturated rings. The number of amides is 1. The van der Waals surface area contributed by atoms with Gasteiger partial charge in [0.1, 0.15) is 0 Å². The van der Waals surface area contributed by atoms with E-state index in [1.54, 1.807) is 31.2 Å². The summed E-state index contributed by atoms with van der Waals surface area (Å²) in [5.74, 6) is -1.01. The molecule has 7 nitrogen and oxygen atoms in total. The maximum Gasteiger partial charge on any atom is 0.308 e. The SMILES string of the molecule is CCOC(=O)CC(NC(=O)c1cc(S(N)(=O)=O)ccc1Br)c1ccccc1. The fourth-order valence-corrected chi connectivity index (χ4v) is 3.38. The summed E-state index contributed by atoms with van der Waals surface area (Å²) in [6, 6.07) is 12.2. The first kappa shape index (κ1) is 21.1. The molecule has 3 N–H and O–H groups in total. The molecular formula is C18H19BrN2O5S. The number of nitrogens with two attached hydrogens (primary N) is 1. The second-order valence-corrected chi connectivity index (χ2v) is 8.05. The number of halogens is 1. The standard InChI is InChI=1S/C18H19BrN2O5S/c1-2-26-17(22)11-16(12-6-4-3-5-7-12)21-18(23)14-10-13(27(20,24)25)8-9-15(14)19/h3-10,16H,2,11H2,1H3,(H,21,23)(H2,20,24,25). The summed E-state index contributed by atoms with van der Waals surface area (Å²) in [6.07, 6.45) is -0.0594. The van der Waals surface area contributed by atoms with Crippen LogP contribution in [0, 0.1) is 0 Å². The lowest BCUT2D eigenvalue weighted by molar-refractivity contribution is -0.143. The lowest BCUT2D eigenvalue weighted by Gasteiger charge is -2.19. The molecule has 1 amide bonds. The number of benzene rings is 2. The van der Waals surface area contributed by atoms with Gasteiger partial charge >= 0.3 is 5.97 Å². The maximum absolute atomic E-state index is 12.7. The summed E-state index contributed by atoms with van der Waals surface area (Å²) in [5.41, 5.74) is 0.809. The van der Waals surface area contributed by atoms with Crippen LogP contribution >= 0.6 is 15.9 Å². The van der Waals surface area contributed by atoms with Crippen LogP contribution in [0.3, 0.4) is 0 Å². The molecule has 9 heteroatoms. The van der Waals surface area contributed by atoms with Crippen LogP contribution in [0.25, 0.3) is 0 Å². The number of ether oxygens (including phenoxy) is 1. The van der Waals surface area contributed by atoms with Crippen LogP contribution in [0.2, 0.25) is 0 Å². The molecule has 27 heavy (non-hydrogen) atoms. The normalized spacial score (nSPS) is 12.3. The Labute approximate surface area is 166 Å². The van der Waals surface area contributed by atoms with E-state index < -0.39 is 27.9 Å². The van der Waals surface area contributed by atoms with Gasteiger partial charge in [0.25, 0.3) is 5.91 Å². The number of carbonyl (C=O) groups excluding carboxylic acids is 2. The van der Waals surface area contributed by atoms with E-state index in [0.29, 0.717) is 4.47 Å². The molecule has 0 heterocycles. The van der Waals surface area contributed by atoms with Crippen molar-refractivity contribution in [3.05, 3.63) is 64.1 Å². The fraction of sp³-hybridized carbons (Fsp3) is 0.222. The van der Waals surface area contributed by atoms with Gasteiger partial charge in [0.15, 0.2) is 0 Å². The summed E-state index contributed by atoms with van der Waals surface area (Å²) in [4.78, 5) is 24.5. The number of nitrogens with one attached hydrogen (secondary N) is 1. The minimum Gasteiger partial charge on any atom is -0.466 e. The van der Waals surface area contributed by atoms with Gasteiger partial charge in [-0.25, -0.2) is 13.6 Å². The van der Waals surface area contributed by atoms with Crippen molar-refractivity contribution >= 4 is 37.8 Å². The Bertz CT molecular complexity index is 932. The van der Waals surface area contributed by atoms with Crippen molar-refractivity contribution in [2.24, 2.45) is 5.14 Å². The van der Waals surface area contributed by atoms with Gasteiger partial charge in [-0.2, -0.15) is 0 Å². The second-order valence-electron chi connectivity index (χ2n) is 5.63. The molecule has 0 aliphatic rings. The predicted molar refractivity (Wildman–Crippen MR) is 103 cm³/mol. The molecule has 2 aromatic rings. The largest absolute Gasteiger partial charge is 0.466 e. The summed E-state index contributed by atoms with van der Waals surface area (Å²) in [5, 5.41) is 7.88. The first-order valence-corrected chi connectivity index (χ1v) is 10.4. The number of carbonyl (C=O) groups is 2. The Balaban J connectivity index is 2.32. The average molecular weight is 455 g/mol. The third-order valence-electron chi connectivity index (χ3n) is 3.69. The zero-order valence-corrected chi connectivity index (χ0v) is 16.9. The average Bonchev–Trinajstić information content (AvgIpc) is 2.61. The molecule has 2 rings (SSSR count). The number of hydrogen-bond donors (Lipinski definition) is 2. The molecule has 2 aromatic carbocycles. The van der Waals surface area contributed by atoms with E-state index in [2.05, 4.69) is 21.2 Å². The van der Waals surface area contributed by atoms with Crippen molar-refractivity contribution in [1.82, 2.24) is 5.32 Å². The topological polar surface area (TPSA) is 116 Å². The van der Waals surface area contributed by atoms with Gasteiger partial charge in [0.05, 0.1) is 29.5 Å². The van der Waals surface area contributed by atoms with Crippen LogP contribution in [0.5, 0.6) is 0 Å². The molecule has 0 saturated heterocycles. The van der Waals surface area contributed by atoms with E-state index in [9.17, 15) is 18.0 Å². The Kier molecular flexibility index (Phi) is 7.11. The van der Waals surface area contributed by atoms with Gasteiger partial charge in [0, 0.05) is 4.47 Å². The summed E-state index contributed by atoms with van der Waals surface area (Å²) >= 11 is 3.23. The van der Waals surface area contributed by atoms with Gasteiger partial charge < -0.3 is 10.1 Å². The molecule has 1 unspecified atom stereocenters. The van der Waals surface area contributed by atoms with Crippen molar-refractivity contribution in [2.45, 2.75) is 24.3 Å². The lowest BCUT2D eigenvalue weighted by Crippen LogP contribution is -2.31. The highest BCUT2D eigenvalue weighted by atomic mass is 79.9. The third kappa shape index (κ3) is 5.88. The lowest BCUT2D eigenvalue weighted by atomic mass is 10.0. The molecule has 1 atom stereocenters. The molecule has 0 radical (unpaired) electrons. The molecule has 0 aliphatic heterocycles. The van der Waals surface area contributed by atoms with E-state index >= 15 is 0 Å². The van der Waals surface area contributed by atoms with E-state index in [1.165, 1.54) is 18.2 Å². The molecule has 0 aliphatic carbocycles. The zero-order valence-electron chi connectivity index (χ0n) is 14.5. The van der Waals surface area contributed by atoms with Gasteiger partial charge in [-0.3, -0.25) is 9.59 Å². The van der Waals surface area contributed by atoms with Gasteiger partial charge in [-0.15, -0.1) is 0 Å². The van der Waals surface area contributed by atoms with E-state index in [-0.39, 0.29) is 23.5 Å². The van der Waals surface area contributed by atoms with Gasteiger partial charge in [-0.1, -0.05) is 30.3 Å². The molecule has 0 bridgehead atoms. The highest BCUT2D eigenvalue weighted by Gasteiger charge is 2.22. The second kappa shape index (κ2) is 9.12. The summed E-state index contributed by atoms with van der Waals surface area (Å²) < 4.78 is 28.5.